The Morgan fingerprint density at radius 1 is 1.27 bits per heavy atom. The smallest absolute Gasteiger partial charge is 0.475 e. The SMILES string of the molecule is NC(=O)N1CCCn2c(nc(CNc3ccccn3)cc2=O)C1.O=C(O)C(F)(F)F. The third-order valence-corrected chi connectivity index (χ3v) is 3.95. The van der Waals surface area contributed by atoms with E-state index in [1.165, 1.54) is 11.0 Å². The van der Waals surface area contributed by atoms with E-state index >= 15 is 0 Å². The number of urea groups is 1. The lowest BCUT2D eigenvalue weighted by atomic mass is 10.3. The number of amides is 2. The van der Waals surface area contributed by atoms with Crippen LogP contribution in [-0.2, 0) is 24.4 Å². The van der Waals surface area contributed by atoms with Gasteiger partial charge >= 0.3 is 18.2 Å². The van der Waals surface area contributed by atoms with Crippen LogP contribution in [0.2, 0.25) is 0 Å². The molecule has 0 saturated carbocycles. The van der Waals surface area contributed by atoms with E-state index in [4.69, 9.17) is 15.6 Å². The van der Waals surface area contributed by atoms with Crippen LogP contribution in [0.15, 0.2) is 35.3 Å². The van der Waals surface area contributed by atoms with Gasteiger partial charge in [-0.2, -0.15) is 13.2 Å². The van der Waals surface area contributed by atoms with Crippen LogP contribution in [0.25, 0.3) is 0 Å². The van der Waals surface area contributed by atoms with Gasteiger partial charge in [-0.1, -0.05) is 6.07 Å². The fourth-order valence-electron chi connectivity index (χ4n) is 2.56. The van der Waals surface area contributed by atoms with Crippen molar-refractivity contribution in [3.63, 3.8) is 0 Å². The summed E-state index contributed by atoms with van der Waals surface area (Å²) >= 11 is 0. The van der Waals surface area contributed by atoms with Gasteiger partial charge in [0.25, 0.3) is 5.56 Å². The average Bonchev–Trinajstić information content (AvgIpc) is 2.90. The van der Waals surface area contributed by atoms with Crippen molar-refractivity contribution in [2.24, 2.45) is 5.73 Å². The Labute approximate surface area is 168 Å². The summed E-state index contributed by atoms with van der Waals surface area (Å²) in [4.78, 5) is 42.7. The maximum absolute atomic E-state index is 12.3. The number of fused-ring (bicyclic) bond motifs is 1. The molecular weight excluding hydrogens is 409 g/mol. The lowest BCUT2D eigenvalue weighted by molar-refractivity contribution is -0.192. The molecular formula is C17H19F3N6O4. The first-order valence-electron chi connectivity index (χ1n) is 8.67. The van der Waals surface area contributed by atoms with Crippen molar-refractivity contribution in [1.29, 1.82) is 0 Å². The van der Waals surface area contributed by atoms with Gasteiger partial charge in [0.2, 0.25) is 0 Å². The van der Waals surface area contributed by atoms with E-state index in [1.54, 1.807) is 10.8 Å². The number of carboxylic acids is 1. The lowest BCUT2D eigenvalue weighted by Gasteiger charge is -2.17. The number of nitrogens with two attached hydrogens (primary N) is 1. The minimum Gasteiger partial charge on any atom is -0.475 e. The summed E-state index contributed by atoms with van der Waals surface area (Å²) in [6.45, 7) is 1.71. The lowest BCUT2D eigenvalue weighted by Crippen LogP contribution is -2.36. The molecule has 3 heterocycles. The molecule has 2 aromatic rings. The summed E-state index contributed by atoms with van der Waals surface area (Å²) in [5.74, 6) is -1.48. The number of alkyl halides is 3. The van der Waals surface area contributed by atoms with Crippen LogP contribution in [0, 0.1) is 0 Å². The Morgan fingerprint density at radius 2 is 1.97 bits per heavy atom. The number of nitrogens with zero attached hydrogens (tertiary/aromatic N) is 4. The normalized spacial score (nSPS) is 13.4. The monoisotopic (exact) mass is 428 g/mol. The highest BCUT2D eigenvalue weighted by atomic mass is 19.4. The first-order valence-corrected chi connectivity index (χ1v) is 8.67. The zero-order valence-electron chi connectivity index (χ0n) is 15.6. The highest BCUT2D eigenvalue weighted by Crippen LogP contribution is 2.13. The molecule has 3 rings (SSSR count). The van der Waals surface area contributed by atoms with Gasteiger partial charge in [0.15, 0.2) is 0 Å². The maximum Gasteiger partial charge on any atom is 0.490 e. The minimum absolute atomic E-state index is 0.112. The number of halogens is 3. The van der Waals surface area contributed by atoms with Gasteiger partial charge in [-0.3, -0.25) is 9.36 Å². The number of anilines is 1. The first-order chi connectivity index (χ1) is 14.1. The second kappa shape index (κ2) is 9.71. The number of aliphatic carboxylic acids is 1. The number of aromatic nitrogens is 3. The van der Waals surface area contributed by atoms with Crippen LogP contribution in [0.4, 0.5) is 23.8 Å². The van der Waals surface area contributed by atoms with Gasteiger partial charge < -0.3 is 21.1 Å². The number of hydrogen-bond acceptors (Lipinski definition) is 6. The van der Waals surface area contributed by atoms with E-state index in [-0.39, 0.29) is 12.1 Å². The van der Waals surface area contributed by atoms with Crippen LogP contribution in [0.1, 0.15) is 17.9 Å². The third kappa shape index (κ3) is 6.46. The molecule has 0 unspecified atom stereocenters. The Kier molecular flexibility index (Phi) is 7.33. The summed E-state index contributed by atoms with van der Waals surface area (Å²) in [5, 5.41) is 10.2. The summed E-state index contributed by atoms with van der Waals surface area (Å²) in [5.41, 5.74) is 5.85. The standard InChI is InChI=1S/C15H18N6O2.C2HF3O2/c16-15(23)20-6-3-7-21-13(10-20)19-11(8-14(21)22)9-18-12-4-1-2-5-17-12;3-2(4,5)1(6)7/h1-2,4-5,8H,3,6-7,9-10H2,(H2,16,23)(H,17,18);(H,6,7). The van der Waals surface area contributed by atoms with Gasteiger partial charge in [-0.05, 0) is 18.6 Å². The Morgan fingerprint density at radius 3 is 2.53 bits per heavy atom. The van der Waals surface area contributed by atoms with Gasteiger partial charge in [0, 0.05) is 25.4 Å². The van der Waals surface area contributed by atoms with Gasteiger partial charge in [-0.15, -0.1) is 0 Å². The van der Waals surface area contributed by atoms with Crippen molar-refractivity contribution in [3.8, 4) is 0 Å². The maximum atomic E-state index is 12.3. The largest absolute Gasteiger partial charge is 0.490 e. The molecule has 2 amide bonds. The molecule has 0 bridgehead atoms. The molecule has 0 radical (unpaired) electrons. The van der Waals surface area contributed by atoms with Crippen LogP contribution in [-0.4, -0.2) is 49.3 Å². The van der Waals surface area contributed by atoms with Crippen molar-refractivity contribution < 1.29 is 27.9 Å². The number of carboxylic acid groups (broad SMARTS) is 1. The summed E-state index contributed by atoms with van der Waals surface area (Å²) < 4.78 is 33.3. The van der Waals surface area contributed by atoms with Gasteiger partial charge in [0.05, 0.1) is 18.8 Å². The minimum atomic E-state index is -5.08. The predicted octanol–water partition coefficient (Wildman–Crippen LogP) is 1.17. The average molecular weight is 428 g/mol. The Bertz CT molecular complexity index is 949. The third-order valence-electron chi connectivity index (χ3n) is 3.95. The fraction of sp³-hybridized carbons (Fsp3) is 0.353. The molecule has 0 saturated heterocycles. The quantitative estimate of drug-likeness (QED) is 0.666. The highest BCUT2D eigenvalue weighted by molar-refractivity contribution is 5.73. The van der Waals surface area contributed by atoms with E-state index < -0.39 is 18.2 Å². The van der Waals surface area contributed by atoms with E-state index in [0.29, 0.717) is 43.4 Å². The molecule has 10 nitrogen and oxygen atoms in total. The second-order valence-corrected chi connectivity index (χ2v) is 6.14. The van der Waals surface area contributed by atoms with E-state index in [9.17, 15) is 22.8 Å². The summed E-state index contributed by atoms with van der Waals surface area (Å²) in [6.07, 6.45) is -2.71. The molecule has 0 aromatic carbocycles. The van der Waals surface area contributed by atoms with Crippen LogP contribution >= 0.6 is 0 Å². The number of primary amides is 1. The number of rotatable bonds is 3. The van der Waals surface area contributed by atoms with E-state index in [2.05, 4.69) is 15.3 Å². The highest BCUT2D eigenvalue weighted by Gasteiger charge is 2.38. The van der Waals surface area contributed by atoms with Crippen molar-refractivity contribution >= 4 is 17.8 Å². The summed E-state index contributed by atoms with van der Waals surface area (Å²) in [7, 11) is 0. The molecule has 162 valence electrons. The Balaban J connectivity index is 0.000000396. The van der Waals surface area contributed by atoms with Crippen LogP contribution in [0.3, 0.4) is 0 Å². The molecule has 2 aromatic heterocycles. The predicted molar refractivity (Wildman–Crippen MR) is 98.4 cm³/mol. The fourth-order valence-corrected chi connectivity index (χ4v) is 2.56. The molecule has 1 aliphatic rings. The number of pyridine rings is 1. The van der Waals surface area contributed by atoms with Crippen LogP contribution < -0.4 is 16.6 Å². The molecule has 0 fully saturated rings. The number of nitrogens with one attached hydrogen (secondary N) is 1. The molecule has 13 heteroatoms. The van der Waals surface area contributed by atoms with E-state index in [0.717, 1.165) is 0 Å². The second-order valence-electron chi connectivity index (χ2n) is 6.14. The van der Waals surface area contributed by atoms with Crippen molar-refractivity contribution in [3.05, 3.63) is 52.3 Å². The first kappa shape index (κ1) is 22.6. The summed E-state index contributed by atoms with van der Waals surface area (Å²) in [6, 6.07) is 6.56. The molecule has 0 aliphatic carbocycles. The van der Waals surface area contributed by atoms with Gasteiger partial charge in [0.1, 0.15) is 11.6 Å². The Hall–Kier alpha value is -3.64. The van der Waals surface area contributed by atoms with E-state index in [1.807, 2.05) is 18.2 Å². The number of hydrogen-bond donors (Lipinski definition) is 3. The van der Waals surface area contributed by atoms with Crippen LogP contribution in [0.5, 0.6) is 0 Å². The van der Waals surface area contributed by atoms with Crippen molar-refractivity contribution in [2.75, 3.05) is 11.9 Å². The molecule has 1 aliphatic heterocycles. The molecule has 4 N–H and O–H groups in total. The number of carbonyl (C=O) groups excluding carboxylic acids is 1. The van der Waals surface area contributed by atoms with Crippen molar-refractivity contribution in [1.82, 2.24) is 19.4 Å². The molecule has 0 atom stereocenters. The van der Waals surface area contributed by atoms with Gasteiger partial charge in [-0.25, -0.2) is 19.6 Å². The molecule has 0 spiro atoms. The zero-order chi connectivity index (χ0) is 22.3. The zero-order valence-corrected chi connectivity index (χ0v) is 15.6. The van der Waals surface area contributed by atoms with Crippen molar-refractivity contribution in [2.45, 2.75) is 32.2 Å². The number of carbonyl (C=O) groups is 2. The molecule has 30 heavy (non-hydrogen) atoms. The topological polar surface area (TPSA) is 143 Å².